The van der Waals surface area contributed by atoms with Crippen LogP contribution in [0.1, 0.15) is 30.0 Å². The van der Waals surface area contributed by atoms with E-state index in [1.165, 1.54) is 0 Å². The molecular weight excluding hydrogens is 452 g/mol. The molecule has 0 aliphatic carbocycles. The van der Waals surface area contributed by atoms with Gasteiger partial charge in [0.25, 0.3) is 0 Å². The Balaban J connectivity index is 1.45. The van der Waals surface area contributed by atoms with Gasteiger partial charge in [-0.15, -0.1) is 0 Å². The van der Waals surface area contributed by atoms with E-state index < -0.39 is 12.0 Å². The fourth-order valence-electron chi connectivity index (χ4n) is 5.63. The lowest BCUT2D eigenvalue weighted by Gasteiger charge is -2.42. The summed E-state index contributed by atoms with van der Waals surface area (Å²) in [6, 6.07) is 23.1. The topological polar surface area (TPSA) is 67.7 Å². The Kier molecular flexibility index (Phi) is 5.48. The van der Waals surface area contributed by atoms with Gasteiger partial charge in [-0.2, -0.15) is 0 Å². The van der Waals surface area contributed by atoms with Crippen molar-refractivity contribution in [1.29, 1.82) is 0 Å². The predicted molar refractivity (Wildman–Crippen MR) is 139 cm³/mol. The van der Waals surface area contributed by atoms with Crippen molar-refractivity contribution in [2.45, 2.75) is 32.4 Å². The smallest absolute Gasteiger partial charge is 0.234 e. The van der Waals surface area contributed by atoms with Gasteiger partial charge in [-0.05, 0) is 43.7 Å². The second kappa shape index (κ2) is 8.82. The third kappa shape index (κ3) is 3.54. The second-order valence-electron chi connectivity index (χ2n) is 9.47. The van der Waals surface area contributed by atoms with Gasteiger partial charge in [0.1, 0.15) is 5.75 Å². The number of benzene rings is 3. The zero-order chi connectivity index (χ0) is 24.8. The molecule has 3 heterocycles. The zero-order valence-corrected chi connectivity index (χ0v) is 20.4. The van der Waals surface area contributed by atoms with Crippen LogP contribution in [0.2, 0.25) is 0 Å². The SMILES string of the molecule is COc1ccccc1C1C(C(=O)N2CCn3c2nc2ccccc23)CCC(=O)N1c1ccc(C)cc1. The number of rotatable bonds is 4. The number of aromatic nitrogens is 2. The lowest BCUT2D eigenvalue weighted by Crippen LogP contribution is -2.49. The highest BCUT2D eigenvalue weighted by Gasteiger charge is 2.45. The van der Waals surface area contributed by atoms with Gasteiger partial charge < -0.3 is 14.2 Å². The number of aryl methyl sites for hydroxylation is 1. The Bertz CT molecular complexity index is 1460. The summed E-state index contributed by atoms with van der Waals surface area (Å²) in [6.07, 6.45) is 0.777. The predicted octanol–water partition coefficient (Wildman–Crippen LogP) is 4.88. The number of amides is 2. The minimum Gasteiger partial charge on any atom is -0.496 e. The van der Waals surface area contributed by atoms with Crippen molar-refractivity contribution in [2.24, 2.45) is 5.92 Å². The first-order valence-electron chi connectivity index (χ1n) is 12.3. The molecule has 1 fully saturated rings. The maximum absolute atomic E-state index is 14.3. The van der Waals surface area contributed by atoms with Gasteiger partial charge >= 0.3 is 0 Å². The van der Waals surface area contributed by atoms with Gasteiger partial charge in [-0.25, -0.2) is 4.98 Å². The molecule has 2 amide bonds. The summed E-state index contributed by atoms with van der Waals surface area (Å²) in [4.78, 5) is 36.0. The number of hydrogen-bond acceptors (Lipinski definition) is 4. The van der Waals surface area contributed by atoms with Gasteiger partial charge in [0.15, 0.2) is 0 Å². The first-order chi connectivity index (χ1) is 17.6. The summed E-state index contributed by atoms with van der Waals surface area (Å²) in [6.45, 7) is 3.29. The second-order valence-corrected chi connectivity index (χ2v) is 9.47. The highest BCUT2D eigenvalue weighted by atomic mass is 16.5. The van der Waals surface area contributed by atoms with Crippen LogP contribution in [-0.4, -0.2) is 35.0 Å². The van der Waals surface area contributed by atoms with Gasteiger partial charge in [0.2, 0.25) is 17.8 Å². The monoisotopic (exact) mass is 480 g/mol. The summed E-state index contributed by atoms with van der Waals surface area (Å²) in [7, 11) is 1.62. The highest BCUT2D eigenvalue weighted by molar-refractivity contribution is 6.02. The van der Waals surface area contributed by atoms with E-state index in [0.29, 0.717) is 37.6 Å². The maximum atomic E-state index is 14.3. The summed E-state index contributed by atoms with van der Waals surface area (Å²) in [5.41, 5.74) is 4.64. The van der Waals surface area contributed by atoms with Crippen molar-refractivity contribution in [3.05, 3.63) is 83.9 Å². The molecule has 6 rings (SSSR count). The van der Waals surface area contributed by atoms with E-state index in [0.717, 1.165) is 27.8 Å². The molecule has 2 atom stereocenters. The molecule has 0 bridgehead atoms. The van der Waals surface area contributed by atoms with Crippen LogP contribution < -0.4 is 14.5 Å². The molecule has 1 saturated heterocycles. The molecule has 2 aliphatic rings. The molecule has 0 radical (unpaired) electrons. The van der Waals surface area contributed by atoms with Gasteiger partial charge in [-0.3, -0.25) is 14.5 Å². The van der Waals surface area contributed by atoms with E-state index in [1.54, 1.807) is 16.9 Å². The number of ether oxygens (including phenoxy) is 1. The molecule has 182 valence electrons. The molecule has 4 aromatic rings. The Morgan fingerprint density at radius 1 is 0.972 bits per heavy atom. The van der Waals surface area contributed by atoms with Crippen LogP contribution in [0.3, 0.4) is 0 Å². The van der Waals surface area contributed by atoms with Crippen molar-refractivity contribution in [3.8, 4) is 5.75 Å². The number of methoxy groups -OCH3 is 1. The summed E-state index contributed by atoms with van der Waals surface area (Å²) >= 11 is 0. The molecule has 2 unspecified atom stereocenters. The van der Waals surface area contributed by atoms with Crippen LogP contribution in [0.15, 0.2) is 72.8 Å². The highest BCUT2D eigenvalue weighted by Crippen LogP contribution is 2.44. The zero-order valence-electron chi connectivity index (χ0n) is 20.4. The first kappa shape index (κ1) is 22.3. The van der Waals surface area contributed by atoms with E-state index in [-0.39, 0.29) is 11.8 Å². The Morgan fingerprint density at radius 2 is 1.72 bits per heavy atom. The van der Waals surface area contributed by atoms with Crippen molar-refractivity contribution in [3.63, 3.8) is 0 Å². The van der Waals surface area contributed by atoms with Crippen molar-refractivity contribution in [1.82, 2.24) is 9.55 Å². The normalized spacial score (nSPS) is 19.6. The number of piperidine rings is 1. The van der Waals surface area contributed by atoms with Crippen LogP contribution in [0.5, 0.6) is 5.75 Å². The Hall–Kier alpha value is -4.13. The van der Waals surface area contributed by atoms with Crippen molar-refractivity contribution < 1.29 is 14.3 Å². The molecule has 36 heavy (non-hydrogen) atoms. The van der Waals surface area contributed by atoms with E-state index in [9.17, 15) is 9.59 Å². The number of carbonyl (C=O) groups is 2. The number of hydrogen-bond donors (Lipinski definition) is 0. The number of anilines is 2. The summed E-state index contributed by atoms with van der Waals surface area (Å²) in [5.74, 6) is 0.906. The molecule has 0 spiro atoms. The number of imidazole rings is 1. The van der Waals surface area contributed by atoms with Crippen LogP contribution in [0, 0.1) is 12.8 Å². The van der Waals surface area contributed by atoms with Gasteiger partial charge in [-0.1, -0.05) is 48.0 Å². The van der Waals surface area contributed by atoms with E-state index in [1.807, 2.05) is 79.7 Å². The summed E-state index contributed by atoms with van der Waals surface area (Å²) < 4.78 is 7.82. The first-order valence-corrected chi connectivity index (χ1v) is 12.3. The molecular formula is C29H28N4O3. The minimum atomic E-state index is -0.490. The Morgan fingerprint density at radius 3 is 2.53 bits per heavy atom. The van der Waals surface area contributed by atoms with Crippen molar-refractivity contribution in [2.75, 3.05) is 23.5 Å². The van der Waals surface area contributed by atoms with Crippen LogP contribution in [0.4, 0.5) is 11.6 Å². The van der Waals surface area contributed by atoms with Crippen molar-refractivity contribution >= 4 is 34.5 Å². The summed E-state index contributed by atoms with van der Waals surface area (Å²) in [5, 5.41) is 0. The average molecular weight is 481 g/mol. The van der Waals surface area contributed by atoms with E-state index in [2.05, 4.69) is 4.57 Å². The van der Waals surface area contributed by atoms with Crippen LogP contribution in [0.25, 0.3) is 11.0 Å². The van der Waals surface area contributed by atoms with Gasteiger partial charge in [0.05, 0.1) is 30.1 Å². The third-order valence-electron chi connectivity index (χ3n) is 7.37. The quantitative estimate of drug-likeness (QED) is 0.417. The fourth-order valence-corrected chi connectivity index (χ4v) is 5.63. The molecule has 3 aromatic carbocycles. The largest absolute Gasteiger partial charge is 0.496 e. The molecule has 0 N–H and O–H groups in total. The molecule has 7 heteroatoms. The number of nitrogens with zero attached hydrogens (tertiary/aromatic N) is 4. The fraction of sp³-hybridized carbons (Fsp3) is 0.276. The Labute approximate surface area is 209 Å². The lowest BCUT2D eigenvalue weighted by molar-refractivity contribution is -0.127. The number of fused-ring (bicyclic) bond motifs is 3. The van der Waals surface area contributed by atoms with Crippen LogP contribution >= 0.6 is 0 Å². The number of para-hydroxylation sites is 3. The average Bonchev–Trinajstić information content (AvgIpc) is 3.48. The molecule has 0 saturated carbocycles. The van der Waals surface area contributed by atoms with E-state index in [4.69, 9.17) is 9.72 Å². The minimum absolute atomic E-state index is 0.00692. The standard InChI is InChI=1S/C29H28N4O3/c1-19-11-13-20(14-12-19)33-26(34)16-15-22(27(33)21-7-3-6-10-25(21)36-2)28(35)32-18-17-31-24-9-5-4-8-23(24)30-29(31)32/h3-14,22,27H,15-18H2,1-2H3. The third-order valence-corrected chi connectivity index (χ3v) is 7.37. The molecule has 2 aliphatic heterocycles. The van der Waals surface area contributed by atoms with Gasteiger partial charge in [0, 0.05) is 30.8 Å². The number of carbonyl (C=O) groups excluding carboxylic acids is 2. The molecule has 1 aromatic heterocycles. The lowest BCUT2D eigenvalue weighted by atomic mass is 9.82. The van der Waals surface area contributed by atoms with E-state index >= 15 is 0 Å². The molecule has 7 nitrogen and oxygen atoms in total. The maximum Gasteiger partial charge on any atom is 0.234 e. The van der Waals surface area contributed by atoms with Crippen LogP contribution in [-0.2, 0) is 16.1 Å².